The van der Waals surface area contributed by atoms with Crippen molar-refractivity contribution in [3.63, 3.8) is 0 Å². The van der Waals surface area contributed by atoms with Crippen molar-refractivity contribution in [1.82, 2.24) is 10.2 Å². The van der Waals surface area contributed by atoms with E-state index in [0.717, 1.165) is 55.2 Å². The summed E-state index contributed by atoms with van der Waals surface area (Å²) in [5.41, 5.74) is 8.43. The number of carbonyl (C=O) groups is 2. The largest absolute Gasteiger partial charge is 0.465 e. The van der Waals surface area contributed by atoms with E-state index in [1.54, 1.807) is 0 Å². The van der Waals surface area contributed by atoms with Crippen LogP contribution in [0, 0.1) is 11.8 Å². The molecule has 8 heteroatoms. The molecule has 1 aliphatic carbocycles. The molecule has 1 aliphatic heterocycles. The maximum atomic E-state index is 13.4. The minimum absolute atomic E-state index is 0.0462. The van der Waals surface area contributed by atoms with Crippen molar-refractivity contribution in [2.24, 2.45) is 17.6 Å². The van der Waals surface area contributed by atoms with E-state index in [9.17, 15) is 14.7 Å². The summed E-state index contributed by atoms with van der Waals surface area (Å²) in [7, 11) is 0. The Morgan fingerprint density at radius 1 is 1.18 bits per heavy atom. The van der Waals surface area contributed by atoms with Gasteiger partial charge in [0.2, 0.25) is 5.91 Å². The van der Waals surface area contributed by atoms with E-state index in [1.165, 1.54) is 5.56 Å². The van der Waals surface area contributed by atoms with E-state index < -0.39 is 11.7 Å². The number of benzene rings is 2. The Morgan fingerprint density at radius 3 is 2.68 bits per heavy atom. The number of amides is 2. The molecule has 5 N–H and O–H groups in total. The monoisotopic (exact) mass is 541 g/mol. The Labute approximate surface area is 230 Å². The lowest BCUT2D eigenvalue weighted by Crippen LogP contribution is -2.49. The van der Waals surface area contributed by atoms with Gasteiger partial charge in [-0.3, -0.25) is 4.79 Å². The number of nitrogens with one attached hydrogen (secondary N) is 1. The lowest BCUT2D eigenvalue weighted by Gasteiger charge is -2.44. The Morgan fingerprint density at radius 2 is 1.97 bits per heavy atom. The summed E-state index contributed by atoms with van der Waals surface area (Å²) in [6, 6.07) is 13.9. The van der Waals surface area contributed by atoms with Gasteiger partial charge < -0.3 is 26.2 Å². The highest BCUT2D eigenvalue weighted by Gasteiger charge is 2.44. The zero-order valence-corrected chi connectivity index (χ0v) is 22.9. The summed E-state index contributed by atoms with van der Waals surface area (Å²) < 4.78 is 0. The third-order valence-corrected chi connectivity index (χ3v) is 8.66. The quantitative estimate of drug-likeness (QED) is 0.327. The highest BCUT2D eigenvalue weighted by Crippen LogP contribution is 2.46. The number of aryl methyl sites for hydroxylation is 1. The average Bonchev–Trinajstić information content (AvgIpc) is 3.36. The Hall–Kier alpha value is -2.61. The summed E-state index contributed by atoms with van der Waals surface area (Å²) in [4.78, 5) is 26.4. The normalized spacial score (nSPS) is 23.2. The molecule has 2 aliphatic rings. The lowest BCUT2D eigenvalue weighted by molar-refractivity contribution is -0.140. The van der Waals surface area contributed by atoms with E-state index in [4.69, 9.17) is 22.4 Å². The smallest absolute Gasteiger partial charge is 0.404 e. The van der Waals surface area contributed by atoms with Gasteiger partial charge >= 0.3 is 6.09 Å². The number of carbonyl (C=O) groups excluding carboxylic acids is 1. The van der Waals surface area contributed by atoms with Crippen molar-refractivity contribution in [2.75, 3.05) is 19.6 Å². The van der Waals surface area contributed by atoms with Crippen LogP contribution in [0.15, 0.2) is 42.5 Å². The average molecular weight is 542 g/mol. The van der Waals surface area contributed by atoms with Gasteiger partial charge in [0.15, 0.2) is 0 Å². The number of carboxylic acid groups (broad SMARTS) is 1. The van der Waals surface area contributed by atoms with Crippen LogP contribution in [0.5, 0.6) is 0 Å². The van der Waals surface area contributed by atoms with Crippen LogP contribution in [0.1, 0.15) is 63.0 Å². The molecule has 38 heavy (non-hydrogen) atoms. The Balaban J connectivity index is 1.70. The second-order valence-corrected chi connectivity index (χ2v) is 11.3. The van der Waals surface area contributed by atoms with Crippen LogP contribution in [0.4, 0.5) is 4.79 Å². The second kappa shape index (κ2) is 12.5. The number of halogens is 1. The zero-order chi connectivity index (χ0) is 27.3. The van der Waals surface area contributed by atoms with Gasteiger partial charge in [-0.2, -0.15) is 0 Å². The van der Waals surface area contributed by atoms with Crippen LogP contribution < -0.4 is 11.1 Å². The molecule has 1 saturated heterocycles. The van der Waals surface area contributed by atoms with Crippen molar-refractivity contribution in [3.8, 4) is 11.1 Å². The highest BCUT2D eigenvalue weighted by molar-refractivity contribution is 6.33. The van der Waals surface area contributed by atoms with Gasteiger partial charge in [-0.05, 0) is 74.1 Å². The van der Waals surface area contributed by atoms with Gasteiger partial charge in [0.25, 0.3) is 0 Å². The molecule has 2 aromatic rings. The molecule has 2 aromatic carbocycles. The number of aliphatic hydroxyl groups is 1. The predicted molar refractivity (Wildman–Crippen MR) is 150 cm³/mol. The van der Waals surface area contributed by atoms with Crippen molar-refractivity contribution in [3.05, 3.63) is 58.6 Å². The van der Waals surface area contributed by atoms with Crippen LogP contribution in [-0.2, 0) is 16.8 Å². The standard InChI is InChI=1S/C30H40ClN3O4/c1-2-20-7-3-8-21(17-20)27-25(10-4-11-26(27)31)30(38,14-6-15-33-29(36)37)23-9-5-16-34(19-23)28(35)22-12-13-24(32)18-22/h3-4,7-8,10-11,17,22-24,33,38H,2,5-6,9,12-16,18-19,32H2,1H3,(H,36,37)/t22-,23?,24+,30?/m1/s1. The summed E-state index contributed by atoms with van der Waals surface area (Å²) in [6.07, 6.45) is 4.55. The zero-order valence-electron chi connectivity index (χ0n) is 22.2. The first-order valence-corrected chi connectivity index (χ1v) is 14.2. The van der Waals surface area contributed by atoms with Crippen LogP contribution in [0.2, 0.25) is 5.02 Å². The highest BCUT2D eigenvalue weighted by atomic mass is 35.5. The summed E-state index contributed by atoms with van der Waals surface area (Å²) in [5, 5.41) is 24.6. The fourth-order valence-electron chi connectivity index (χ4n) is 6.30. The number of likely N-dealkylation sites (tertiary alicyclic amines) is 1. The molecule has 206 valence electrons. The molecular formula is C30H40ClN3O4. The third-order valence-electron chi connectivity index (χ3n) is 8.35. The van der Waals surface area contributed by atoms with Crippen LogP contribution in [0.3, 0.4) is 0 Å². The first-order chi connectivity index (χ1) is 18.2. The Bertz CT molecular complexity index is 1140. The first-order valence-electron chi connectivity index (χ1n) is 13.8. The lowest BCUT2D eigenvalue weighted by atomic mass is 9.72. The van der Waals surface area contributed by atoms with Crippen LogP contribution >= 0.6 is 11.6 Å². The van der Waals surface area contributed by atoms with Gasteiger partial charge in [0, 0.05) is 48.1 Å². The number of hydrogen-bond acceptors (Lipinski definition) is 4. The van der Waals surface area contributed by atoms with Crippen molar-refractivity contribution < 1.29 is 19.8 Å². The van der Waals surface area contributed by atoms with Gasteiger partial charge in [-0.1, -0.05) is 54.9 Å². The van der Waals surface area contributed by atoms with E-state index in [1.807, 2.05) is 35.2 Å². The molecule has 1 saturated carbocycles. The van der Waals surface area contributed by atoms with Crippen molar-refractivity contribution in [2.45, 2.75) is 69.9 Å². The molecule has 2 unspecified atom stereocenters. The number of nitrogens with zero attached hydrogens (tertiary/aromatic N) is 1. The fraction of sp³-hybridized carbons (Fsp3) is 0.533. The van der Waals surface area contributed by atoms with Gasteiger partial charge in [0.05, 0.1) is 5.60 Å². The first kappa shape index (κ1) is 28.4. The minimum Gasteiger partial charge on any atom is -0.465 e. The van der Waals surface area contributed by atoms with E-state index in [-0.39, 0.29) is 30.3 Å². The summed E-state index contributed by atoms with van der Waals surface area (Å²) >= 11 is 6.81. The van der Waals surface area contributed by atoms with Gasteiger partial charge in [-0.15, -0.1) is 0 Å². The van der Waals surface area contributed by atoms with E-state index in [2.05, 4.69) is 24.4 Å². The number of rotatable bonds is 9. The van der Waals surface area contributed by atoms with Crippen molar-refractivity contribution >= 4 is 23.6 Å². The molecule has 7 nitrogen and oxygen atoms in total. The maximum Gasteiger partial charge on any atom is 0.404 e. The molecular weight excluding hydrogens is 502 g/mol. The maximum absolute atomic E-state index is 13.4. The van der Waals surface area contributed by atoms with Crippen LogP contribution in [0.25, 0.3) is 11.1 Å². The summed E-state index contributed by atoms with van der Waals surface area (Å²) in [6.45, 7) is 3.46. The molecule has 0 aromatic heterocycles. The third kappa shape index (κ3) is 6.33. The molecule has 4 atom stereocenters. The van der Waals surface area contributed by atoms with E-state index in [0.29, 0.717) is 31.0 Å². The number of nitrogens with two attached hydrogens (primary N) is 1. The molecule has 4 rings (SSSR count). The molecule has 0 radical (unpaired) electrons. The molecule has 0 bridgehead atoms. The molecule has 0 spiro atoms. The summed E-state index contributed by atoms with van der Waals surface area (Å²) in [5.74, 6) is -0.124. The van der Waals surface area contributed by atoms with Gasteiger partial charge in [-0.25, -0.2) is 4.79 Å². The fourth-order valence-corrected chi connectivity index (χ4v) is 6.59. The molecule has 2 fully saturated rings. The number of piperidine rings is 1. The molecule has 2 amide bonds. The minimum atomic E-state index is -1.30. The van der Waals surface area contributed by atoms with Gasteiger partial charge in [0.1, 0.15) is 0 Å². The van der Waals surface area contributed by atoms with Crippen molar-refractivity contribution in [1.29, 1.82) is 0 Å². The SMILES string of the molecule is CCc1cccc(-c2c(Cl)cccc2C(O)(CCCNC(=O)O)C2CCCN(C(=O)[C@@H]3CC[C@H](N)C3)C2)c1. The number of hydrogen-bond donors (Lipinski definition) is 4. The van der Waals surface area contributed by atoms with E-state index >= 15 is 0 Å². The topological polar surface area (TPSA) is 116 Å². The van der Waals surface area contributed by atoms with Crippen LogP contribution in [-0.4, -0.2) is 52.8 Å². The Kier molecular flexibility index (Phi) is 9.34. The predicted octanol–water partition coefficient (Wildman–Crippen LogP) is 5.17. The second-order valence-electron chi connectivity index (χ2n) is 10.9. The molecule has 1 heterocycles.